The smallest absolute Gasteiger partial charge is 0.107 e. The lowest BCUT2D eigenvalue weighted by Crippen LogP contribution is -2.43. The maximum Gasteiger partial charge on any atom is 0.107 e. The quantitative estimate of drug-likeness (QED) is 0.446. The zero-order valence-corrected chi connectivity index (χ0v) is 6.77. The van der Waals surface area contributed by atoms with Crippen LogP contribution in [-0.2, 0) is 4.94 Å². The molecule has 0 saturated heterocycles. The first-order chi connectivity index (χ1) is 4.12. The molecular formula is C6H17N2O+. The second-order valence-corrected chi connectivity index (χ2v) is 2.48. The van der Waals surface area contributed by atoms with Crippen molar-refractivity contribution in [3.05, 3.63) is 0 Å². The molecule has 0 aromatic rings. The van der Waals surface area contributed by atoms with Gasteiger partial charge in [0.05, 0.1) is 0 Å². The highest BCUT2D eigenvalue weighted by atomic mass is 16.8. The summed E-state index contributed by atoms with van der Waals surface area (Å²) in [5.74, 6) is 0. The minimum absolute atomic E-state index is 0.563. The van der Waals surface area contributed by atoms with Gasteiger partial charge in [-0.1, -0.05) is 6.92 Å². The Morgan fingerprint density at radius 3 is 2.22 bits per heavy atom. The first-order valence-electron chi connectivity index (χ1n) is 3.37. The summed E-state index contributed by atoms with van der Waals surface area (Å²) in [5, 5.41) is 0. The van der Waals surface area contributed by atoms with Crippen LogP contribution in [0.3, 0.4) is 0 Å². The molecule has 0 fully saturated rings. The predicted octanol–water partition coefficient (Wildman–Crippen LogP) is 0.539. The summed E-state index contributed by atoms with van der Waals surface area (Å²) < 4.78 is 0.563. The number of hydrogen-bond acceptors (Lipinski definition) is 2. The lowest BCUT2D eigenvalue weighted by atomic mass is 10.7. The van der Waals surface area contributed by atoms with Gasteiger partial charge in [0.15, 0.2) is 0 Å². The van der Waals surface area contributed by atoms with Gasteiger partial charge in [-0.25, -0.2) is 0 Å². The minimum atomic E-state index is 0.563. The van der Waals surface area contributed by atoms with Crippen molar-refractivity contribution in [2.24, 2.45) is 0 Å². The van der Waals surface area contributed by atoms with E-state index in [2.05, 4.69) is 12.4 Å². The molecule has 0 saturated carbocycles. The van der Waals surface area contributed by atoms with Gasteiger partial charge in [-0.15, -0.1) is 10.4 Å². The van der Waals surface area contributed by atoms with Crippen LogP contribution in [0.5, 0.6) is 0 Å². The molecule has 0 aliphatic rings. The molecule has 3 heteroatoms. The van der Waals surface area contributed by atoms with Gasteiger partial charge >= 0.3 is 0 Å². The molecule has 0 aromatic carbocycles. The Bertz CT molecular complexity index is 73.5. The van der Waals surface area contributed by atoms with Crippen LogP contribution in [0.25, 0.3) is 0 Å². The summed E-state index contributed by atoms with van der Waals surface area (Å²) in [7, 11) is 4.01. The van der Waals surface area contributed by atoms with Crippen LogP contribution in [0.2, 0.25) is 0 Å². The molecule has 0 bridgehead atoms. The van der Waals surface area contributed by atoms with Gasteiger partial charge in [-0.3, -0.25) is 0 Å². The van der Waals surface area contributed by atoms with Crippen molar-refractivity contribution >= 4 is 0 Å². The average Bonchev–Trinajstić information content (AvgIpc) is 1.84. The fraction of sp³-hybridized carbons (Fsp3) is 1.00. The third kappa shape index (κ3) is 4.39. The van der Waals surface area contributed by atoms with Crippen LogP contribution in [0.15, 0.2) is 0 Å². The third-order valence-corrected chi connectivity index (χ3v) is 1.22. The van der Waals surface area contributed by atoms with Gasteiger partial charge < -0.3 is 0 Å². The molecular weight excluding hydrogens is 116 g/mol. The van der Waals surface area contributed by atoms with E-state index in [0.717, 1.165) is 13.1 Å². The van der Waals surface area contributed by atoms with Crippen molar-refractivity contribution in [2.75, 3.05) is 27.2 Å². The summed E-state index contributed by atoms with van der Waals surface area (Å²) in [5.41, 5.74) is 2.81. The topological polar surface area (TPSA) is 21.3 Å². The molecule has 9 heavy (non-hydrogen) atoms. The Morgan fingerprint density at radius 2 is 1.89 bits per heavy atom. The van der Waals surface area contributed by atoms with E-state index in [0.29, 0.717) is 4.65 Å². The molecule has 1 N–H and O–H groups in total. The number of hydroxylamine groups is 4. The highest BCUT2D eigenvalue weighted by molar-refractivity contribution is 4.10. The fourth-order valence-electron chi connectivity index (χ4n) is 0.304. The lowest BCUT2D eigenvalue weighted by Gasteiger charge is -2.23. The van der Waals surface area contributed by atoms with Crippen molar-refractivity contribution in [1.29, 1.82) is 0 Å². The van der Waals surface area contributed by atoms with Crippen LogP contribution < -0.4 is 5.48 Å². The van der Waals surface area contributed by atoms with E-state index in [-0.39, 0.29) is 0 Å². The van der Waals surface area contributed by atoms with E-state index in [4.69, 9.17) is 4.94 Å². The van der Waals surface area contributed by atoms with E-state index in [1.54, 1.807) is 0 Å². The van der Waals surface area contributed by atoms with Crippen LogP contribution in [-0.4, -0.2) is 31.8 Å². The molecule has 0 radical (unpaired) electrons. The van der Waals surface area contributed by atoms with E-state index in [1.165, 1.54) is 0 Å². The minimum Gasteiger partial charge on any atom is -0.165 e. The summed E-state index contributed by atoms with van der Waals surface area (Å²) in [6.07, 6.45) is 0. The van der Waals surface area contributed by atoms with E-state index in [9.17, 15) is 0 Å². The number of nitrogens with zero attached hydrogens (tertiary/aromatic N) is 1. The molecule has 0 rings (SSSR count). The first-order valence-corrected chi connectivity index (χ1v) is 3.37. The third-order valence-electron chi connectivity index (χ3n) is 1.22. The summed E-state index contributed by atoms with van der Waals surface area (Å²) in [6.45, 7) is 5.90. The Morgan fingerprint density at radius 1 is 1.33 bits per heavy atom. The van der Waals surface area contributed by atoms with E-state index in [1.807, 2.05) is 21.0 Å². The van der Waals surface area contributed by atoms with Gasteiger partial charge in [0.1, 0.15) is 20.6 Å². The SMILES string of the molecule is CCNO[N+](C)(C)CC. The zero-order chi connectivity index (χ0) is 7.33. The molecule has 0 atom stereocenters. The normalized spacial score (nSPS) is 12.0. The van der Waals surface area contributed by atoms with E-state index >= 15 is 0 Å². The highest BCUT2D eigenvalue weighted by Gasteiger charge is 2.11. The van der Waals surface area contributed by atoms with Crippen LogP contribution in [0.4, 0.5) is 0 Å². The summed E-state index contributed by atoms with van der Waals surface area (Å²) >= 11 is 0. The molecule has 3 nitrogen and oxygen atoms in total. The van der Waals surface area contributed by atoms with Gasteiger partial charge in [-0.05, 0) is 6.92 Å². The highest BCUT2D eigenvalue weighted by Crippen LogP contribution is 1.92. The van der Waals surface area contributed by atoms with Crippen molar-refractivity contribution < 1.29 is 9.58 Å². The largest absolute Gasteiger partial charge is 0.165 e. The monoisotopic (exact) mass is 133 g/mol. The van der Waals surface area contributed by atoms with Crippen molar-refractivity contribution in [1.82, 2.24) is 5.48 Å². The average molecular weight is 133 g/mol. The molecule has 0 amide bonds. The predicted molar refractivity (Wildman–Crippen MR) is 37.4 cm³/mol. The molecule has 56 valence electrons. The summed E-state index contributed by atoms with van der Waals surface area (Å²) in [6, 6.07) is 0. The Balaban J connectivity index is 3.33. The van der Waals surface area contributed by atoms with Crippen molar-refractivity contribution in [2.45, 2.75) is 13.8 Å². The van der Waals surface area contributed by atoms with E-state index < -0.39 is 0 Å². The number of quaternary nitrogens is 1. The van der Waals surface area contributed by atoms with Crippen molar-refractivity contribution in [3.8, 4) is 0 Å². The number of nitrogens with one attached hydrogen (secondary N) is 1. The first kappa shape index (κ1) is 8.88. The van der Waals surface area contributed by atoms with Gasteiger partial charge in [0, 0.05) is 6.54 Å². The van der Waals surface area contributed by atoms with Crippen LogP contribution in [0.1, 0.15) is 13.8 Å². The maximum absolute atomic E-state index is 5.22. The van der Waals surface area contributed by atoms with Crippen LogP contribution in [0, 0.1) is 0 Å². The van der Waals surface area contributed by atoms with Crippen LogP contribution >= 0.6 is 0 Å². The second kappa shape index (κ2) is 3.82. The maximum atomic E-state index is 5.22. The molecule has 0 aromatic heterocycles. The molecule has 0 aliphatic heterocycles. The Kier molecular flexibility index (Phi) is 3.77. The molecule has 0 unspecified atom stereocenters. The van der Waals surface area contributed by atoms with Gasteiger partial charge in [-0.2, -0.15) is 4.65 Å². The standard InChI is InChI=1S/C6H17N2O/c1-5-7-9-8(3,4)6-2/h7H,5-6H2,1-4H3/q+1. The summed E-state index contributed by atoms with van der Waals surface area (Å²) in [4.78, 5) is 5.22. The second-order valence-electron chi connectivity index (χ2n) is 2.48. The Hall–Kier alpha value is -0.120. The number of hydrogen-bond donors (Lipinski definition) is 1. The molecule has 0 aliphatic carbocycles. The fourth-order valence-corrected chi connectivity index (χ4v) is 0.304. The zero-order valence-electron chi connectivity index (χ0n) is 6.77. The molecule has 0 heterocycles. The van der Waals surface area contributed by atoms with Gasteiger partial charge in [0.25, 0.3) is 0 Å². The lowest BCUT2D eigenvalue weighted by molar-refractivity contribution is -1.09. The molecule has 0 spiro atoms. The van der Waals surface area contributed by atoms with Crippen molar-refractivity contribution in [3.63, 3.8) is 0 Å². The number of rotatable bonds is 4. The Labute approximate surface area is 57.1 Å². The van der Waals surface area contributed by atoms with Gasteiger partial charge in [0.2, 0.25) is 0 Å².